The van der Waals surface area contributed by atoms with Gasteiger partial charge in [0.1, 0.15) is 0 Å². The molecule has 1 aromatic heterocycles. The van der Waals surface area contributed by atoms with Crippen molar-refractivity contribution < 1.29 is 9.32 Å². The normalized spacial score (nSPS) is 12.4. The monoisotopic (exact) mass is 327 g/mol. The van der Waals surface area contributed by atoms with Gasteiger partial charge in [-0.05, 0) is 12.5 Å². The molecule has 0 radical (unpaired) electrons. The number of aromatic nitrogens is 2. The molecule has 7 heteroatoms. The van der Waals surface area contributed by atoms with Gasteiger partial charge >= 0.3 is 0 Å². The maximum atomic E-state index is 12.0. The van der Waals surface area contributed by atoms with E-state index in [0.29, 0.717) is 18.8 Å². The first kappa shape index (κ1) is 15.8. The van der Waals surface area contributed by atoms with Crippen LogP contribution in [0.5, 0.6) is 0 Å². The second-order valence-electron chi connectivity index (χ2n) is 4.52. The van der Waals surface area contributed by atoms with E-state index >= 15 is 0 Å². The molecule has 2 rings (SSSR count). The summed E-state index contributed by atoms with van der Waals surface area (Å²) in [5, 5.41) is 6.57. The summed E-state index contributed by atoms with van der Waals surface area (Å²) in [7, 11) is 0. The van der Waals surface area contributed by atoms with Gasteiger partial charge in [0.25, 0.3) is 5.89 Å². The summed E-state index contributed by atoms with van der Waals surface area (Å²) in [5.41, 5.74) is 0.976. The number of nitrogens with one attached hydrogen (secondary N) is 1. The third-order valence-corrected chi connectivity index (χ3v) is 3.38. The Bertz CT molecular complexity index is 587. The summed E-state index contributed by atoms with van der Waals surface area (Å²) in [6.45, 7) is 2.28. The Balaban J connectivity index is 1.81. The summed E-state index contributed by atoms with van der Waals surface area (Å²) >= 11 is 11.2. The lowest BCUT2D eigenvalue weighted by Crippen LogP contribution is -2.30. The smallest absolute Gasteiger partial charge is 0.259 e. The van der Waals surface area contributed by atoms with E-state index in [1.165, 1.54) is 0 Å². The van der Waals surface area contributed by atoms with E-state index in [1.54, 1.807) is 0 Å². The average molecular weight is 328 g/mol. The van der Waals surface area contributed by atoms with Crippen LogP contribution < -0.4 is 5.32 Å². The van der Waals surface area contributed by atoms with E-state index in [2.05, 4.69) is 15.5 Å². The second kappa shape index (κ2) is 7.43. The molecule has 0 aliphatic carbocycles. The molecule has 0 fully saturated rings. The van der Waals surface area contributed by atoms with Gasteiger partial charge in [-0.15, -0.1) is 0 Å². The van der Waals surface area contributed by atoms with E-state index in [9.17, 15) is 4.79 Å². The maximum absolute atomic E-state index is 12.0. The molecule has 1 N–H and O–H groups in total. The highest BCUT2D eigenvalue weighted by atomic mass is 35.5. The standard InChI is InChI=1S/C14H15Cl2N3O2/c1-9(10-5-3-2-4-6-10)13(20)17-8-7-11-18-14(12(15)16)21-19-11/h2-6,9,12H,7-8H2,1H3,(H,17,20). The Morgan fingerprint density at radius 1 is 1.33 bits per heavy atom. The fourth-order valence-electron chi connectivity index (χ4n) is 1.80. The minimum absolute atomic E-state index is 0.0440. The first-order chi connectivity index (χ1) is 10.1. The number of benzene rings is 1. The van der Waals surface area contributed by atoms with E-state index in [1.807, 2.05) is 37.3 Å². The number of alkyl halides is 2. The molecule has 0 saturated heterocycles. The molecule has 5 nitrogen and oxygen atoms in total. The topological polar surface area (TPSA) is 68.0 Å². The number of hydrogen-bond acceptors (Lipinski definition) is 4. The van der Waals surface area contributed by atoms with Crippen molar-refractivity contribution >= 4 is 29.1 Å². The van der Waals surface area contributed by atoms with Gasteiger partial charge in [0.2, 0.25) is 5.91 Å². The van der Waals surface area contributed by atoms with Crippen molar-refractivity contribution in [2.24, 2.45) is 0 Å². The number of carbonyl (C=O) groups is 1. The maximum Gasteiger partial charge on any atom is 0.259 e. The fraction of sp³-hybridized carbons (Fsp3) is 0.357. The Labute approximate surface area is 132 Å². The minimum atomic E-state index is -0.834. The zero-order valence-electron chi connectivity index (χ0n) is 11.4. The first-order valence-corrected chi connectivity index (χ1v) is 7.38. The van der Waals surface area contributed by atoms with Crippen LogP contribution in [0.4, 0.5) is 0 Å². The van der Waals surface area contributed by atoms with E-state index in [-0.39, 0.29) is 17.7 Å². The lowest BCUT2D eigenvalue weighted by molar-refractivity contribution is -0.122. The van der Waals surface area contributed by atoms with Crippen LogP contribution in [-0.2, 0) is 11.2 Å². The van der Waals surface area contributed by atoms with Crippen molar-refractivity contribution in [1.82, 2.24) is 15.5 Å². The van der Waals surface area contributed by atoms with Gasteiger partial charge in [0.05, 0.1) is 5.92 Å². The fourth-order valence-corrected chi connectivity index (χ4v) is 1.98. The predicted molar refractivity (Wildman–Crippen MR) is 80.3 cm³/mol. The number of nitrogens with zero attached hydrogens (tertiary/aromatic N) is 2. The van der Waals surface area contributed by atoms with Crippen molar-refractivity contribution in [3.8, 4) is 0 Å². The van der Waals surface area contributed by atoms with Crippen LogP contribution in [0.3, 0.4) is 0 Å². The van der Waals surface area contributed by atoms with Crippen LogP contribution in [0.25, 0.3) is 0 Å². The van der Waals surface area contributed by atoms with Crippen molar-refractivity contribution in [2.45, 2.75) is 24.1 Å². The lowest BCUT2D eigenvalue weighted by Gasteiger charge is -2.11. The van der Waals surface area contributed by atoms with Crippen LogP contribution in [0, 0.1) is 0 Å². The van der Waals surface area contributed by atoms with E-state index in [0.717, 1.165) is 5.56 Å². The summed E-state index contributed by atoms with van der Waals surface area (Å²) in [5.74, 6) is 0.376. The lowest BCUT2D eigenvalue weighted by atomic mass is 10.0. The zero-order valence-corrected chi connectivity index (χ0v) is 12.9. The molecule has 1 atom stereocenters. The molecule has 1 unspecified atom stereocenters. The molecule has 21 heavy (non-hydrogen) atoms. The van der Waals surface area contributed by atoms with Crippen LogP contribution >= 0.6 is 23.2 Å². The third kappa shape index (κ3) is 4.44. The Hall–Kier alpha value is -1.59. The molecular weight excluding hydrogens is 313 g/mol. The summed E-state index contributed by atoms with van der Waals surface area (Å²) in [6, 6.07) is 9.60. The van der Waals surface area contributed by atoms with Gasteiger partial charge < -0.3 is 9.84 Å². The number of hydrogen-bond donors (Lipinski definition) is 1. The van der Waals surface area contributed by atoms with Gasteiger partial charge in [-0.3, -0.25) is 4.79 Å². The summed E-state index contributed by atoms with van der Waals surface area (Å²) < 4.78 is 4.86. The molecule has 1 amide bonds. The Morgan fingerprint density at radius 2 is 2.05 bits per heavy atom. The molecule has 0 spiro atoms. The first-order valence-electron chi connectivity index (χ1n) is 6.51. The van der Waals surface area contributed by atoms with Crippen LogP contribution in [-0.4, -0.2) is 22.6 Å². The van der Waals surface area contributed by atoms with Crippen LogP contribution in [0.2, 0.25) is 0 Å². The second-order valence-corrected chi connectivity index (χ2v) is 5.62. The van der Waals surface area contributed by atoms with E-state index in [4.69, 9.17) is 27.7 Å². The highest BCUT2D eigenvalue weighted by molar-refractivity contribution is 6.43. The highest BCUT2D eigenvalue weighted by Crippen LogP contribution is 2.22. The third-order valence-electron chi connectivity index (χ3n) is 3.01. The van der Waals surface area contributed by atoms with Gasteiger partial charge in [0.15, 0.2) is 10.7 Å². The average Bonchev–Trinajstić information content (AvgIpc) is 2.96. The molecule has 1 aromatic carbocycles. The van der Waals surface area contributed by atoms with E-state index < -0.39 is 4.84 Å². The largest absolute Gasteiger partial charge is 0.355 e. The van der Waals surface area contributed by atoms with Crippen molar-refractivity contribution in [3.63, 3.8) is 0 Å². The SMILES string of the molecule is CC(C(=O)NCCc1noc(C(Cl)Cl)n1)c1ccccc1. The molecule has 0 aliphatic rings. The molecule has 1 heterocycles. The zero-order chi connectivity index (χ0) is 15.2. The molecule has 2 aromatic rings. The van der Waals surface area contributed by atoms with Gasteiger partial charge in [0, 0.05) is 13.0 Å². The van der Waals surface area contributed by atoms with Crippen LogP contribution in [0.15, 0.2) is 34.9 Å². The predicted octanol–water partition coefficient (Wildman–Crippen LogP) is 3.01. The molecular formula is C14H15Cl2N3O2. The molecule has 0 bridgehead atoms. The number of rotatable bonds is 6. The summed E-state index contributed by atoms with van der Waals surface area (Å²) in [4.78, 5) is 15.2. The van der Waals surface area contributed by atoms with Gasteiger partial charge in [-0.1, -0.05) is 58.7 Å². The van der Waals surface area contributed by atoms with Gasteiger partial charge in [-0.25, -0.2) is 0 Å². The highest BCUT2D eigenvalue weighted by Gasteiger charge is 2.16. The Morgan fingerprint density at radius 3 is 2.67 bits per heavy atom. The van der Waals surface area contributed by atoms with Crippen molar-refractivity contribution in [3.05, 3.63) is 47.6 Å². The number of amides is 1. The molecule has 112 valence electrons. The van der Waals surface area contributed by atoms with Crippen LogP contribution in [0.1, 0.15) is 35.0 Å². The van der Waals surface area contributed by atoms with Crippen molar-refractivity contribution in [1.29, 1.82) is 0 Å². The van der Waals surface area contributed by atoms with Gasteiger partial charge in [-0.2, -0.15) is 4.98 Å². The minimum Gasteiger partial charge on any atom is -0.355 e. The molecule has 0 aliphatic heterocycles. The number of carbonyl (C=O) groups excluding carboxylic acids is 1. The molecule has 0 saturated carbocycles. The quantitative estimate of drug-likeness (QED) is 0.828. The number of halogens is 2. The summed E-state index contributed by atoms with van der Waals surface area (Å²) in [6.07, 6.45) is 0.456. The Kier molecular flexibility index (Phi) is 5.59. The van der Waals surface area contributed by atoms with Crippen molar-refractivity contribution in [2.75, 3.05) is 6.54 Å².